The molecule has 0 saturated carbocycles. The molecule has 0 N–H and O–H groups in total. The summed E-state index contributed by atoms with van der Waals surface area (Å²) in [7, 11) is 3.86. The van der Waals surface area contributed by atoms with E-state index in [-0.39, 0.29) is 0 Å². The van der Waals surface area contributed by atoms with Crippen molar-refractivity contribution in [3.8, 4) is 0 Å². The molecule has 0 unspecified atom stereocenters. The molecular weight excluding hydrogens is 156 g/mol. The molecule has 0 saturated heterocycles. The molecule has 0 amide bonds. The van der Waals surface area contributed by atoms with Crippen molar-refractivity contribution < 1.29 is 0 Å². The first kappa shape index (κ1) is 10.8. The maximum absolute atomic E-state index is 4.19. The van der Waals surface area contributed by atoms with Crippen molar-refractivity contribution in [1.29, 1.82) is 0 Å². The van der Waals surface area contributed by atoms with Crippen molar-refractivity contribution in [2.45, 2.75) is 26.2 Å². The third kappa shape index (κ3) is 4.30. The van der Waals surface area contributed by atoms with Gasteiger partial charge in [0, 0.05) is 20.5 Å². The highest BCUT2D eigenvalue weighted by molar-refractivity contribution is 7.80. The van der Waals surface area contributed by atoms with Crippen LogP contribution in [0.1, 0.15) is 26.2 Å². The Labute approximate surface area is 75.1 Å². The standard InChI is InChI=1S/C8H18N2S/c1-4-5-6-8(9-2)10(3)7-11/h11H,4-7H2,1-3H3/b9-8-. The number of hydrogen-bond donors (Lipinski definition) is 1. The van der Waals surface area contributed by atoms with Gasteiger partial charge in [-0.05, 0) is 6.42 Å². The first-order valence-corrected chi connectivity index (χ1v) is 4.67. The predicted octanol–water partition coefficient (Wildman–Crippen LogP) is 2.02. The van der Waals surface area contributed by atoms with Crippen LogP contribution in [0.25, 0.3) is 0 Å². The fourth-order valence-corrected chi connectivity index (χ4v) is 1.05. The van der Waals surface area contributed by atoms with Crippen molar-refractivity contribution >= 4 is 18.5 Å². The molecule has 11 heavy (non-hydrogen) atoms. The van der Waals surface area contributed by atoms with E-state index in [9.17, 15) is 0 Å². The number of amidine groups is 1. The van der Waals surface area contributed by atoms with Crippen LogP contribution in [0.2, 0.25) is 0 Å². The maximum atomic E-state index is 4.19. The van der Waals surface area contributed by atoms with Gasteiger partial charge in [-0.15, -0.1) is 0 Å². The summed E-state index contributed by atoms with van der Waals surface area (Å²) in [5.41, 5.74) is 0. The van der Waals surface area contributed by atoms with Crippen LogP contribution in [0.3, 0.4) is 0 Å². The maximum Gasteiger partial charge on any atom is 0.0989 e. The number of aliphatic imine (C=N–C) groups is 1. The molecule has 0 aromatic heterocycles. The smallest absolute Gasteiger partial charge is 0.0989 e. The van der Waals surface area contributed by atoms with E-state index < -0.39 is 0 Å². The summed E-state index contributed by atoms with van der Waals surface area (Å²) in [6.07, 6.45) is 3.51. The van der Waals surface area contributed by atoms with Crippen LogP contribution in [-0.4, -0.2) is 30.7 Å². The van der Waals surface area contributed by atoms with Gasteiger partial charge < -0.3 is 4.90 Å². The Morgan fingerprint density at radius 3 is 2.55 bits per heavy atom. The van der Waals surface area contributed by atoms with E-state index in [0.29, 0.717) is 0 Å². The van der Waals surface area contributed by atoms with Gasteiger partial charge >= 0.3 is 0 Å². The summed E-state index contributed by atoms with van der Waals surface area (Å²) in [6.45, 7) is 2.19. The van der Waals surface area contributed by atoms with E-state index in [4.69, 9.17) is 0 Å². The minimum absolute atomic E-state index is 0.746. The van der Waals surface area contributed by atoms with E-state index in [1.807, 2.05) is 14.1 Å². The zero-order valence-corrected chi connectivity index (χ0v) is 8.56. The lowest BCUT2D eigenvalue weighted by Gasteiger charge is -2.17. The summed E-state index contributed by atoms with van der Waals surface area (Å²) >= 11 is 4.18. The molecular formula is C8H18N2S. The SMILES string of the molecule is CCCC/C(=N/C)N(C)CS. The van der Waals surface area contributed by atoms with Gasteiger partial charge in [0.1, 0.15) is 0 Å². The van der Waals surface area contributed by atoms with Crippen LogP contribution in [0.4, 0.5) is 0 Å². The van der Waals surface area contributed by atoms with E-state index in [1.54, 1.807) is 0 Å². The third-order valence-electron chi connectivity index (χ3n) is 1.66. The monoisotopic (exact) mass is 174 g/mol. The number of hydrogen-bond acceptors (Lipinski definition) is 2. The predicted molar refractivity (Wildman–Crippen MR) is 54.5 cm³/mol. The fraction of sp³-hybridized carbons (Fsp3) is 0.875. The number of unbranched alkanes of at least 4 members (excludes halogenated alkanes) is 1. The Morgan fingerprint density at radius 1 is 1.55 bits per heavy atom. The van der Waals surface area contributed by atoms with Crippen LogP contribution in [-0.2, 0) is 0 Å². The van der Waals surface area contributed by atoms with Crippen molar-refractivity contribution in [2.24, 2.45) is 4.99 Å². The lowest BCUT2D eigenvalue weighted by atomic mass is 10.2. The van der Waals surface area contributed by atoms with Crippen LogP contribution < -0.4 is 0 Å². The minimum Gasteiger partial charge on any atom is -0.354 e. The zero-order valence-electron chi connectivity index (χ0n) is 7.67. The van der Waals surface area contributed by atoms with Crippen molar-refractivity contribution in [2.75, 3.05) is 20.0 Å². The van der Waals surface area contributed by atoms with Gasteiger partial charge in [-0.25, -0.2) is 0 Å². The number of thiol groups is 1. The Hall–Kier alpha value is -0.180. The first-order chi connectivity index (χ1) is 5.26. The second-order valence-corrected chi connectivity index (χ2v) is 2.87. The average molecular weight is 174 g/mol. The number of nitrogens with zero attached hydrogens (tertiary/aromatic N) is 2. The lowest BCUT2D eigenvalue weighted by Crippen LogP contribution is -2.25. The molecule has 0 aliphatic carbocycles. The Morgan fingerprint density at radius 2 is 2.18 bits per heavy atom. The van der Waals surface area contributed by atoms with E-state index in [2.05, 4.69) is 29.4 Å². The summed E-state index contributed by atoms with van der Waals surface area (Å²) in [6, 6.07) is 0. The van der Waals surface area contributed by atoms with E-state index in [0.717, 1.165) is 18.1 Å². The second kappa shape index (κ2) is 6.53. The second-order valence-electron chi connectivity index (χ2n) is 2.58. The summed E-state index contributed by atoms with van der Waals surface area (Å²) in [5.74, 6) is 1.90. The highest BCUT2D eigenvalue weighted by atomic mass is 32.1. The first-order valence-electron chi connectivity index (χ1n) is 4.03. The quantitative estimate of drug-likeness (QED) is 0.298. The highest BCUT2D eigenvalue weighted by Crippen LogP contribution is 2.01. The molecule has 0 spiro atoms. The van der Waals surface area contributed by atoms with Gasteiger partial charge in [0.25, 0.3) is 0 Å². The molecule has 0 bridgehead atoms. The van der Waals surface area contributed by atoms with Crippen molar-refractivity contribution in [3.05, 3.63) is 0 Å². The Balaban J connectivity index is 3.77. The summed E-state index contributed by atoms with van der Waals surface area (Å²) in [4.78, 5) is 6.26. The van der Waals surface area contributed by atoms with E-state index in [1.165, 1.54) is 12.8 Å². The molecule has 0 aromatic rings. The van der Waals surface area contributed by atoms with Gasteiger partial charge in [0.2, 0.25) is 0 Å². The van der Waals surface area contributed by atoms with Crippen LogP contribution in [0, 0.1) is 0 Å². The molecule has 0 aliphatic rings. The molecule has 66 valence electrons. The largest absolute Gasteiger partial charge is 0.354 e. The Bertz CT molecular complexity index is 123. The molecule has 0 aliphatic heterocycles. The Kier molecular flexibility index (Phi) is 6.42. The van der Waals surface area contributed by atoms with Crippen LogP contribution in [0.5, 0.6) is 0 Å². The average Bonchev–Trinajstić information content (AvgIpc) is 2.05. The molecule has 3 heteroatoms. The molecule has 0 radical (unpaired) electrons. The van der Waals surface area contributed by atoms with Gasteiger partial charge in [0.05, 0.1) is 11.7 Å². The topological polar surface area (TPSA) is 15.6 Å². The molecule has 0 atom stereocenters. The summed E-state index contributed by atoms with van der Waals surface area (Å²) < 4.78 is 0. The molecule has 0 rings (SSSR count). The molecule has 0 fully saturated rings. The summed E-state index contributed by atoms with van der Waals surface area (Å²) in [5, 5.41) is 0. The minimum atomic E-state index is 0.746. The normalized spacial score (nSPS) is 11.8. The van der Waals surface area contributed by atoms with Gasteiger partial charge in [-0.3, -0.25) is 4.99 Å². The third-order valence-corrected chi connectivity index (χ3v) is 2.09. The van der Waals surface area contributed by atoms with Gasteiger partial charge in [-0.1, -0.05) is 13.3 Å². The molecule has 0 heterocycles. The van der Waals surface area contributed by atoms with Crippen LogP contribution in [0.15, 0.2) is 4.99 Å². The van der Waals surface area contributed by atoms with E-state index >= 15 is 0 Å². The molecule has 0 aromatic carbocycles. The van der Waals surface area contributed by atoms with Gasteiger partial charge in [0.15, 0.2) is 0 Å². The van der Waals surface area contributed by atoms with Crippen molar-refractivity contribution in [1.82, 2.24) is 4.90 Å². The van der Waals surface area contributed by atoms with Crippen molar-refractivity contribution in [3.63, 3.8) is 0 Å². The zero-order chi connectivity index (χ0) is 8.69. The molecule has 2 nitrogen and oxygen atoms in total. The number of rotatable bonds is 4. The highest BCUT2D eigenvalue weighted by Gasteiger charge is 2.01. The van der Waals surface area contributed by atoms with Gasteiger partial charge in [-0.2, -0.15) is 12.6 Å². The fourth-order valence-electron chi connectivity index (χ4n) is 0.890. The van der Waals surface area contributed by atoms with Crippen LogP contribution >= 0.6 is 12.6 Å². The lowest BCUT2D eigenvalue weighted by molar-refractivity contribution is 0.575.